The molecule has 1 aliphatic carbocycles. The monoisotopic (exact) mass is 664 g/mol. The maximum Gasteiger partial charge on any atom is 0.148 e. The van der Waals surface area contributed by atoms with Crippen LogP contribution in [-0.2, 0) is 12.0 Å². The van der Waals surface area contributed by atoms with Crippen LogP contribution in [0.25, 0.3) is 11.0 Å². The lowest BCUT2D eigenvalue weighted by Gasteiger charge is -2.32. The van der Waals surface area contributed by atoms with E-state index in [9.17, 15) is 0 Å². The van der Waals surface area contributed by atoms with Crippen molar-refractivity contribution in [2.75, 3.05) is 10.3 Å². The fraction of sp³-hybridized carbons (Fsp3) is 0.610. The molecule has 1 N–H and O–H groups in total. The van der Waals surface area contributed by atoms with Gasteiger partial charge in [-0.3, -0.25) is 4.98 Å². The fourth-order valence-corrected chi connectivity index (χ4v) is 7.08. The summed E-state index contributed by atoms with van der Waals surface area (Å²) in [5.41, 5.74) is 9.76. The lowest BCUT2D eigenvalue weighted by Crippen LogP contribution is -2.30. The van der Waals surface area contributed by atoms with Crippen molar-refractivity contribution in [3.05, 3.63) is 78.1 Å². The second kappa shape index (κ2) is 17.6. The molecular formula is C41H66ClN5. The minimum Gasteiger partial charge on any atom is -0.336 e. The normalized spacial score (nSPS) is 22.7. The van der Waals surface area contributed by atoms with E-state index in [1.165, 1.54) is 31.2 Å². The Morgan fingerprint density at radius 2 is 1.62 bits per heavy atom. The van der Waals surface area contributed by atoms with Gasteiger partial charge < -0.3 is 10.3 Å². The first-order valence-corrected chi connectivity index (χ1v) is 18.6. The summed E-state index contributed by atoms with van der Waals surface area (Å²) >= 11 is 6.22. The van der Waals surface area contributed by atoms with E-state index in [1.807, 2.05) is 49.1 Å². The zero-order chi connectivity index (χ0) is 35.6. The highest BCUT2D eigenvalue weighted by atomic mass is 35.5. The average molecular weight is 664 g/mol. The Bertz CT molecular complexity index is 1420. The highest BCUT2D eigenvalue weighted by Gasteiger charge is 2.53. The topological polar surface area (TPSA) is 46.0 Å². The summed E-state index contributed by atoms with van der Waals surface area (Å²) in [4.78, 5) is 11.5. The van der Waals surface area contributed by atoms with Gasteiger partial charge in [0.2, 0.25) is 0 Å². The second-order valence-electron chi connectivity index (χ2n) is 14.1. The molecule has 6 heteroatoms. The van der Waals surface area contributed by atoms with Gasteiger partial charge in [0.05, 0.1) is 29.5 Å². The van der Waals surface area contributed by atoms with E-state index in [-0.39, 0.29) is 5.41 Å². The number of benzene rings is 1. The number of hydrogen-bond donors (Lipinski definition) is 1. The summed E-state index contributed by atoms with van der Waals surface area (Å²) in [6.45, 7) is 35.9. The molecule has 3 aromatic rings. The third kappa shape index (κ3) is 8.82. The molecular weight excluding hydrogens is 598 g/mol. The molecule has 47 heavy (non-hydrogen) atoms. The molecule has 0 bridgehead atoms. The van der Waals surface area contributed by atoms with Crippen molar-refractivity contribution in [3.63, 3.8) is 0 Å². The van der Waals surface area contributed by atoms with E-state index in [4.69, 9.17) is 16.6 Å². The minimum atomic E-state index is -0.0565. The molecule has 1 saturated carbocycles. The van der Waals surface area contributed by atoms with Crippen molar-refractivity contribution in [1.29, 1.82) is 0 Å². The number of aromatic nitrogens is 3. The summed E-state index contributed by atoms with van der Waals surface area (Å²) < 4.78 is 1.93. The molecule has 3 atom stereocenters. The van der Waals surface area contributed by atoms with Crippen molar-refractivity contribution >= 4 is 28.3 Å². The summed E-state index contributed by atoms with van der Waals surface area (Å²) in [7, 11) is 0. The molecule has 5 nitrogen and oxygen atoms in total. The van der Waals surface area contributed by atoms with Gasteiger partial charge in [-0.2, -0.15) is 0 Å². The Balaban J connectivity index is 0.000000350. The number of imidazole rings is 1. The van der Waals surface area contributed by atoms with Gasteiger partial charge in [-0.25, -0.2) is 9.66 Å². The molecule has 2 aromatic heterocycles. The zero-order valence-corrected chi connectivity index (χ0v) is 32.7. The van der Waals surface area contributed by atoms with Gasteiger partial charge in [-0.1, -0.05) is 134 Å². The van der Waals surface area contributed by atoms with Crippen molar-refractivity contribution in [3.8, 4) is 0 Å². The van der Waals surface area contributed by atoms with Crippen LogP contribution >= 0.6 is 11.6 Å². The molecule has 2 aliphatic rings. The van der Waals surface area contributed by atoms with E-state index in [2.05, 4.69) is 104 Å². The second-order valence-corrected chi connectivity index (χ2v) is 14.6. The molecule has 1 aliphatic heterocycles. The van der Waals surface area contributed by atoms with Gasteiger partial charge in [0, 0.05) is 28.5 Å². The van der Waals surface area contributed by atoms with E-state index in [0.717, 1.165) is 64.8 Å². The predicted molar refractivity (Wildman–Crippen MR) is 208 cm³/mol. The molecule has 0 saturated heterocycles. The number of hydrogen-bond acceptors (Lipinski definition) is 4. The van der Waals surface area contributed by atoms with Crippen molar-refractivity contribution in [2.24, 2.45) is 22.7 Å². The zero-order valence-electron chi connectivity index (χ0n) is 31.9. The first-order valence-electron chi connectivity index (χ1n) is 18.3. The van der Waals surface area contributed by atoms with E-state index >= 15 is 0 Å². The molecule has 5 rings (SSSR count). The Morgan fingerprint density at radius 3 is 2.09 bits per heavy atom. The first kappa shape index (κ1) is 40.4. The Morgan fingerprint density at radius 1 is 1.00 bits per heavy atom. The first-order chi connectivity index (χ1) is 22.3. The average Bonchev–Trinajstić information content (AvgIpc) is 3.31. The maximum atomic E-state index is 6.22. The standard InChI is InChI=1S/C23H26ClN5.C9H18.C7H16.C2H6/c1-5-11-23(6-2)16(4)28(21-14-25-12-10-18(21)23)15-22-27-19-9-8-17(24)13-20(19)29(22)26-7-3;1-5-6-9(4)7(2)8(9)3;1-5-7(3,4)6-2;1-2/h7-10,12-14,26H,3-6,11,15H2,1-2H3;7-8H,5-6H2,1-4H3;5-6H2,1-4H3;1-2H3. The largest absolute Gasteiger partial charge is 0.336 e. The number of allylic oxidation sites excluding steroid dienone is 1. The fourth-order valence-electron chi connectivity index (χ4n) is 6.92. The summed E-state index contributed by atoms with van der Waals surface area (Å²) in [6, 6.07) is 7.84. The number of fused-ring (bicyclic) bond motifs is 2. The molecule has 0 radical (unpaired) electrons. The van der Waals surface area contributed by atoms with Gasteiger partial charge in [-0.15, -0.1) is 0 Å². The van der Waals surface area contributed by atoms with Crippen LogP contribution in [0.1, 0.15) is 139 Å². The summed E-state index contributed by atoms with van der Waals surface area (Å²) in [6.07, 6.45) is 14.0. The number of halogens is 1. The van der Waals surface area contributed by atoms with E-state index in [1.54, 1.807) is 6.20 Å². The van der Waals surface area contributed by atoms with E-state index in [0.29, 0.717) is 17.0 Å². The number of nitrogens with zero attached hydrogens (tertiary/aromatic N) is 4. The predicted octanol–water partition coefficient (Wildman–Crippen LogP) is 12.7. The van der Waals surface area contributed by atoms with Crippen LogP contribution < -0.4 is 10.3 Å². The van der Waals surface area contributed by atoms with Crippen LogP contribution in [0, 0.1) is 22.7 Å². The minimum absolute atomic E-state index is 0.0565. The Labute approximate surface area is 293 Å². The van der Waals surface area contributed by atoms with Crippen LogP contribution in [0.4, 0.5) is 5.69 Å². The molecule has 3 unspecified atom stereocenters. The van der Waals surface area contributed by atoms with Crippen LogP contribution in [0.15, 0.2) is 61.7 Å². The van der Waals surface area contributed by atoms with Crippen LogP contribution in [-0.4, -0.2) is 14.6 Å². The van der Waals surface area contributed by atoms with Crippen LogP contribution in [0.2, 0.25) is 5.02 Å². The molecule has 1 fully saturated rings. The molecule has 0 spiro atoms. The molecule has 0 amide bonds. The summed E-state index contributed by atoms with van der Waals surface area (Å²) in [5.74, 6) is 2.83. The highest BCUT2D eigenvalue weighted by Crippen LogP contribution is 2.60. The third-order valence-electron chi connectivity index (χ3n) is 11.4. The lowest BCUT2D eigenvalue weighted by molar-refractivity contribution is 0.338. The van der Waals surface area contributed by atoms with Gasteiger partial charge in [-0.05, 0) is 71.8 Å². The van der Waals surface area contributed by atoms with Crippen molar-refractivity contribution in [2.45, 2.75) is 140 Å². The van der Waals surface area contributed by atoms with Crippen LogP contribution in [0.3, 0.4) is 0 Å². The number of rotatable bonds is 11. The quantitative estimate of drug-likeness (QED) is 0.222. The highest BCUT2D eigenvalue weighted by molar-refractivity contribution is 6.31. The Hall–Kier alpha value is -2.79. The number of pyridine rings is 1. The smallest absolute Gasteiger partial charge is 0.148 e. The Kier molecular flexibility index (Phi) is 15.1. The van der Waals surface area contributed by atoms with Gasteiger partial charge in [0.25, 0.3) is 0 Å². The molecule has 262 valence electrons. The van der Waals surface area contributed by atoms with Gasteiger partial charge >= 0.3 is 0 Å². The maximum absolute atomic E-state index is 6.22. The third-order valence-corrected chi connectivity index (χ3v) is 11.6. The lowest BCUT2D eigenvalue weighted by atomic mass is 9.74. The van der Waals surface area contributed by atoms with Gasteiger partial charge in [0.15, 0.2) is 0 Å². The van der Waals surface area contributed by atoms with Gasteiger partial charge in [0.1, 0.15) is 5.82 Å². The number of nitrogens with one attached hydrogen (secondary N) is 1. The van der Waals surface area contributed by atoms with Crippen molar-refractivity contribution < 1.29 is 0 Å². The van der Waals surface area contributed by atoms with E-state index < -0.39 is 0 Å². The van der Waals surface area contributed by atoms with Crippen LogP contribution in [0.5, 0.6) is 0 Å². The number of anilines is 1. The molecule has 3 heterocycles. The van der Waals surface area contributed by atoms with Crippen molar-refractivity contribution in [1.82, 2.24) is 14.6 Å². The summed E-state index contributed by atoms with van der Waals surface area (Å²) in [5, 5.41) is 0.670. The SMILES string of the molecule is C=CNn1c(CN2C(=C)C(CC)(CCC)c3ccncc32)nc2ccc(Cl)cc21.CC.CCC(C)(C)CC.CCCC1(C)C(C)C1C. The molecule has 1 aromatic carbocycles.